The van der Waals surface area contributed by atoms with Crippen molar-refractivity contribution >= 4 is 27.9 Å². The molecule has 29 heavy (non-hydrogen) atoms. The number of carbonyl (C=O) groups is 2. The average Bonchev–Trinajstić information content (AvgIpc) is 2.74. The van der Waals surface area contributed by atoms with E-state index in [0.717, 1.165) is 11.1 Å². The molecule has 3 aromatic carbocycles. The first-order chi connectivity index (χ1) is 14.1. The van der Waals surface area contributed by atoms with Crippen molar-refractivity contribution in [1.29, 1.82) is 0 Å². The van der Waals surface area contributed by atoms with Crippen molar-refractivity contribution in [2.24, 2.45) is 0 Å². The Hall–Kier alpha value is -3.12. The molecule has 6 heteroatoms. The second-order valence-electron chi connectivity index (χ2n) is 6.01. The van der Waals surface area contributed by atoms with Crippen LogP contribution in [0.25, 0.3) is 11.1 Å². The summed E-state index contributed by atoms with van der Waals surface area (Å²) in [5.74, 6) is -0.512. The summed E-state index contributed by atoms with van der Waals surface area (Å²) in [6.45, 7) is 1.64. The lowest BCUT2D eigenvalue weighted by Crippen LogP contribution is -2.19. The first-order valence-electron chi connectivity index (χ1n) is 9.02. The van der Waals surface area contributed by atoms with Crippen LogP contribution in [-0.4, -0.2) is 25.2 Å². The monoisotopic (exact) mass is 454 g/mol. The summed E-state index contributed by atoms with van der Waals surface area (Å²) in [7, 11) is 0. The quantitative estimate of drug-likeness (QED) is 0.359. The predicted molar refractivity (Wildman–Crippen MR) is 113 cm³/mol. The molecule has 0 unspecified atom stereocenters. The molecule has 0 atom stereocenters. The van der Waals surface area contributed by atoms with Gasteiger partial charge in [-0.2, -0.15) is 0 Å². The van der Waals surface area contributed by atoms with Gasteiger partial charge in [0.1, 0.15) is 17.1 Å². The van der Waals surface area contributed by atoms with Crippen LogP contribution in [0.3, 0.4) is 0 Å². The van der Waals surface area contributed by atoms with E-state index in [4.69, 9.17) is 14.2 Å². The van der Waals surface area contributed by atoms with Gasteiger partial charge >= 0.3 is 11.9 Å². The lowest BCUT2D eigenvalue weighted by Gasteiger charge is -2.11. The lowest BCUT2D eigenvalue weighted by molar-refractivity contribution is -0.136. The Bertz CT molecular complexity index is 984. The number of esters is 2. The van der Waals surface area contributed by atoms with E-state index in [2.05, 4.69) is 15.9 Å². The molecular weight excluding hydrogens is 436 g/mol. The van der Waals surface area contributed by atoms with Crippen molar-refractivity contribution in [2.45, 2.75) is 6.92 Å². The third-order valence-electron chi connectivity index (χ3n) is 3.98. The summed E-state index contributed by atoms with van der Waals surface area (Å²) in [6.07, 6.45) is 0. The van der Waals surface area contributed by atoms with Crippen LogP contribution in [0.4, 0.5) is 0 Å². The van der Waals surface area contributed by atoms with Crippen molar-refractivity contribution in [2.75, 3.05) is 13.2 Å². The second-order valence-corrected chi connectivity index (χ2v) is 6.93. The number of benzene rings is 3. The average molecular weight is 455 g/mol. The Morgan fingerprint density at radius 1 is 0.897 bits per heavy atom. The van der Waals surface area contributed by atoms with Crippen LogP contribution >= 0.6 is 15.9 Å². The number of hydrogen-bond acceptors (Lipinski definition) is 5. The third-order valence-corrected chi connectivity index (χ3v) is 4.47. The third kappa shape index (κ3) is 5.68. The Balaban J connectivity index is 1.61. The second kappa shape index (κ2) is 9.89. The fourth-order valence-electron chi connectivity index (χ4n) is 2.63. The molecule has 0 bridgehead atoms. The van der Waals surface area contributed by atoms with Crippen LogP contribution in [0.5, 0.6) is 11.5 Å². The van der Waals surface area contributed by atoms with Crippen LogP contribution in [0.1, 0.15) is 17.3 Å². The van der Waals surface area contributed by atoms with Crippen LogP contribution in [0.15, 0.2) is 77.3 Å². The first kappa shape index (κ1) is 20.6. The van der Waals surface area contributed by atoms with Crippen molar-refractivity contribution in [1.82, 2.24) is 0 Å². The molecule has 0 spiro atoms. The molecule has 0 heterocycles. The molecule has 5 nitrogen and oxygen atoms in total. The van der Waals surface area contributed by atoms with Crippen LogP contribution in [0, 0.1) is 0 Å². The highest BCUT2D eigenvalue weighted by Gasteiger charge is 2.17. The van der Waals surface area contributed by atoms with E-state index in [-0.39, 0.29) is 24.5 Å². The topological polar surface area (TPSA) is 61.8 Å². The fraction of sp³-hybridized carbons (Fsp3) is 0.130. The van der Waals surface area contributed by atoms with Gasteiger partial charge in [-0.05, 0) is 48.4 Å². The highest BCUT2D eigenvalue weighted by Crippen LogP contribution is 2.25. The van der Waals surface area contributed by atoms with E-state index in [1.54, 1.807) is 31.2 Å². The minimum atomic E-state index is -0.620. The van der Waals surface area contributed by atoms with E-state index in [1.807, 2.05) is 42.5 Å². The van der Waals surface area contributed by atoms with Gasteiger partial charge in [0, 0.05) is 4.47 Å². The molecule has 0 saturated carbocycles. The van der Waals surface area contributed by atoms with Crippen molar-refractivity contribution in [3.63, 3.8) is 0 Å². The summed E-state index contributed by atoms with van der Waals surface area (Å²) in [6, 6.07) is 22.1. The van der Waals surface area contributed by atoms with Crippen LogP contribution in [0.2, 0.25) is 0 Å². The Morgan fingerprint density at radius 2 is 1.59 bits per heavy atom. The van der Waals surface area contributed by atoms with Crippen molar-refractivity contribution in [3.8, 4) is 22.6 Å². The number of carbonyl (C=O) groups excluding carboxylic acids is 2. The van der Waals surface area contributed by atoms with Gasteiger partial charge in [-0.15, -0.1) is 0 Å². The smallest absolute Gasteiger partial charge is 0.349 e. The molecule has 0 aliphatic rings. The number of halogens is 1. The van der Waals surface area contributed by atoms with E-state index in [9.17, 15) is 9.59 Å². The molecule has 0 saturated heterocycles. The molecule has 0 N–H and O–H groups in total. The maximum Gasteiger partial charge on any atom is 0.349 e. The van der Waals surface area contributed by atoms with Crippen LogP contribution < -0.4 is 9.47 Å². The molecule has 0 aromatic heterocycles. The Morgan fingerprint density at radius 3 is 2.28 bits per heavy atom. The lowest BCUT2D eigenvalue weighted by atomic mass is 10.1. The molecule has 0 aliphatic carbocycles. The van der Waals surface area contributed by atoms with E-state index in [1.165, 1.54) is 6.07 Å². The molecular formula is C23H19BrO5. The van der Waals surface area contributed by atoms with Crippen molar-refractivity contribution < 1.29 is 23.8 Å². The first-order valence-corrected chi connectivity index (χ1v) is 9.81. The van der Waals surface area contributed by atoms with Gasteiger partial charge in [0.15, 0.2) is 6.61 Å². The summed E-state index contributed by atoms with van der Waals surface area (Å²) < 4.78 is 16.5. The minimum Gasteiger partial charge on any atom is -0.482 e. The van der Waals surface area contributed by atoms with Gasteiger partial charge in [-0.3, -0.25) is 0 Å². The van der Waals surface area contributed by atoms with Gasteiger partial charge in [-0.1, -0.05) is 58.4 Å². The van der Waals surface area contributed by atoms with Gasteiger partial charge in [0.05, 0.1) is 6.61 Å². The summed E-state index contributed by atoms with van der Waals surface area (Å²) >= 11 is 3.29. The SMILES string of the molecule is CCOC(=O)c1cc(Br)ccc1OC(=O)COc1ccc(-c2ccccc2)cc1. The van der Waals surface area contributed by atoms with Gasteiger partial charge < -0.3 is 14.2 Å². The summed E-state index contributed by atoms with van der Waals surface area (Å²) in [5, 5.41) is 0. The van der Waals surface area contributed by atoms with Gasteiger partial charge in [0.25, 0.3) is 0 Å². The van der Waals surface area contributed by atoms with Gasteiger partial charge in [-0.25, -0.2) is 9.59 Å². The number of hydrogen-bond donors (Lipinski definition) is 0. The standard InChI is InChI=1S/C23H19BrO5/c1-2-27-23(26)20-14-18(24)10-13-21(20)29-22(25)15-28-19-11-8-17(9-12-19)16-6-4-3-5-7-16/h3-14H,2,15H2,1H3. The number of rotatable bonds is 7. The molecule has 0 amide bonds. The largest absolute Gasteiger partial charge is 0.482 e. The van der Waals surface area contributed by atoms with E-state index >= 15 is 0 Å². The fourth-order valence-corrected chi connectivity index (χ4v) is 2.99. The van der Waals surface area contributed by atoms with E-state index in [0.29, 0.717) is 10.2 Å². The normalized spacial score (nSPS) is 10.3. The van der Waals surface area contributed by atoms with Crippen molar-refractivity contribution in [3.05, 3.63) is 82.8 Å². The highest BCUT2D eigenvalue weighted by molar-refractivity contribution is 9.10. The zero-order valence-corrected chi connectivity index (χ0v) is 17.3. The highest BCUT2D eigenvalue weighted by atomic mass is 79.9. The molecule has 0 fully saturated rings. The summed E-state index contributed by atoms with van der Waals surface area (Å²) in [4.78, 5) is 24.2. The molecule has 0 radical (unpaired) electrons. The zero-order valence-electron chi connectivity index (χ0n) is 15.8. The Kier molecular flexibility index (Phi) is 7.03. The predicted octanol–water partition coefficient (Wildman–Crippen LogP) is 5.28. The maximum absolute atomic E-state index is 12.2. The molecule has 3 aromatic rings. The van der Waals surface area contributed by atoms with E-state index < -0.39 is 11.9 Å². The molecule has 3 rings (SSSR count). The van der Waals surface area contributed by atoms with Crippen LogP contribution in [-0.2, 0) is 9.53 Å². The zero-order chi connectivity index (χ0) is 20.6. The minimum absolute atomic E-state index is 0.125. The summed E-state index contributed by atoms with van der Waals surface area (Å²) in [5.41, 5.74) is 2.32. The Labute approximate surface area is 177 Å². The molecule has 0 aliphatic heterocycles. The number of ether oxygens (including phenoxy) is 3. The molecule has 148 valence electrons. The van der Waals surface area contributed by atoms with Gasteiger partial charge in [0.2, 0.25) is 0 Å². The maximum atomic E-state index is 12.2.